The molecule has 1 rings (SSSR count). The van der Waals surface area contributed by atoms with Gasteiger partial charge in [0, 0.05) is 0 Å². The molecular formula is C23H42O3Si. The molecule has 1 heterocycles. The van der Waals surface area contributed by atoms with Crippen LogP contribution in [0.1, 0.15) is 59.8 Å². The maximum Gasteiger partial charge on any atom is 0.250 e. The lowest BCUT2D eigenvalue weighted by atomic mass is 9.86. The van der Waals surface area contributed by atoms with E-state index in [0.717, 1.165) is 62.8 Å². The molecule has 0 radical (unpaired) electrons. The summed E-state index contributed by atoms with van der Waals surface area (Å²) in [6.07, 6.45) is 11.7. The zero-order valence-corrected chi connectivity index (χ0v) is 19.2. The van der Waals surface area contributed by atoms with Gasteiger partial charge in [-0.15, -0.1) is 6.58 Å². The van der Waals surface area contributed by atoms with Crippen molar-refractivity contribution in [3.05, 3.63) is 37.1 Å². The highest BCUT2D eigenvalue weighted by Crippen LogP contribution is 2.28. The SMILES string of the molecule is C=C/C(=C/CC[C@@H](C=C)[C@H](C)CCCC1OCCO1)O[Si](CC)(CC)CC. The van der Waals surface area contributed by atoms with Crippen molar-refractivity contribution in [3.8, 4) is 0 Å². The van der Waals surface area contributed by atoms with E-state index in [2.05, 4.69) is 53.0 Å². The van der Waals surface area contributed by atoms with Gasteiger partial charge in [-0.1, -0.05) is 40.3 Å². The average molecular weight is 395 g/mol. The third kappa shape index (κ3) is 8.37. The molecule has 0 spiro atoms. The molecule has 3 nitrogen and oxygen atoms in total. The van der Waals surface area contributed by atoms with Crippen LogP contribution in [0.4, 0.5) is 0 Å². The zero-order valence-electron chi connectivity index (χ0n) is 18.2. The second-order valence-corrected chi connectivity index (χ2v) is 12.4. The Morgan fingerprint density at radius 1 is 1.11 bits per heavy atom. The molecule has 0 amide bonds. The summed E-state index contributed by atoms with van der Waals surface area (Å²) in [5.74, 6) is 2.14. The molecule has 4 heteroatoms. The molecule has 27 heavy (non-hydrogen) atoms. The Bertz CT molecular complexity index is 442. The number of hydrogen-bond acceptors (Lipinski definition) is 3. The topological polar surface area (TPSA) is 27.7 Å². The van der Waals surface area contributed by atoms with Crippen LogP contribution in [0.5, 0.6) is 0 Å². The Labute approximate surface area is 169 Å². The number of rotatable bonds is 15. The van der Waals surface area contributed by atoms with E-state index < -0.39 is 8.32 Å². The largest absolute Gasteiger partial charge is 0.544 e. The van der Waals surface area contributed by atoms with Crippen LogP contribution < -0.4 is 0 Å². The Morgan fingerprint density at radius 2 is 1.74 bits per heavy atom. The summed E-state index contributed by atoms with van der Waals surface area (Å²) in [5, 5.41) is 0. The number of allylic oxidation sites excluding steroid dienone is 3. The highest BCUT2D eigenvalue weighted by atomic mass is 28.4. The molecule has 1 aliphatic heterocycles. The lowest BCUT2D eigenvalue weighted by molar-refractivity contribution is -0.0486. The predicted molar refractivity (Wildman–Crippen MR) is 118 cm³/mol. The van der Waals surface area contributed by atoms with E-state index in [1.807, 2.05) is 6.08 Å². The molecule has 0 aromatic rings. The lowest BCUT2D eigenvalue weighted by Crippen LogP contribution is -2.35. The molecule has 0 bridgehead atoms. The van der Waals surface area contributed by atoms with Crippen molar-refractivity contribution in [1.82, 2.24) is 0 Å². The third-order valence-corrected chi connectivity index (χ3v) is 10.7. The van der Waals surface area contributed by atoms with Crippen LogP contribution in [0, 0.1) is 11.8 Å². The van der Waals surface area contributed by atoms with E-state index in [-0.39, 0.29) is 6.29 Å². The Balaban J connectivity index is 2.44. The standard InChI is InChI=1S/C23H42O3Si/c1-7-21(20(6)14-12-17-23-24-18-19-25-23)15-13-16-22(8-2)26-27(9-3,10-4)11-5/h7-8,16,20-21,23H,1-2,9-15,17-19H2,3-6H3/b22-16-/t20-,21-/m1/s1. The molecule has 0 aromatic carbocycles. The van der Waals surface area contributed by atoms with Crippen molar-refractivity contribution in [2.75, 3.05) is 13.2 Å². The summed E-state index contributed by atoms with van der Waals surface area (Å²) in [6.45, 7) is 18.6. The summed E-state index contributed by atoms with van der Waals surface area (Å²) < 4.78 is 17.5. The van der Waals surface area contributed by atoms with Crippen molar-refractivity contribution in [1.29, 1.82) is 0 Å². The molecule has 2 atom stereocenters. The molecule has 1 fully saturated rings. The first-order chi connectivity index (χ1) is 13.0. The Kier molecular flexibility index (Phi) is 12.0. The van der Waals surface area contributed by atoms with E-state index in [0.29, 0.717) is 11.8 Å². The van der Waals surface area contributed by atoms with E-state index in [1.165, 1.54) is 6.42 Å². The fourth-order valence-corrected chi connectivity index (χ4v) is 6.43. The van der Waals surface area contributed by atoms with E-state index in [4.69, 9.17) is 13.9 Å². The average Bonchev–Trinajstić information content (AvgIpc) is 3.21. The van der Waals surface area contributed by atoms with Crippen molar-refractivity contribution in [2.24, 2.45) is 11.8 Å². The van der Waals surface area contributed by atoms with Crippen LogP contribution in [0.3, 0.4) is 0 Å². The summed E-state index contributed by atoms with van der Waals surface area (Å²) in [7, 11) is -1.62. The van der Waals surface area contributed by atoms with Crippen LogP contribution in [0.25, 0.3) is 0 Å². The summed E-state index contributed by atoms with van der Waals surface area (Å²) in [5.41, 5.74) is 0. The van der Waals surface area contributed by atoms with Crippen molar-refractivity contribution in [3.63, 3.8) is 0 Å². The first-order valence-corrected chi connectivity index (χ1v) is 13.4. The van der Waals surface area contributed by atoms with E-state index in [1.54, 1.807) is 0 Å². The van der Waals surface area contributed by atoms with E-state index in [9.17, 15) is 0 Å². The van der Waals surface area contributed by atoms with Crippen LogP contribution in [-0.4, -0.2) is 27.8 Å². The Hall–Kier alpha value is -0.843. The van der Waals surface area contributed by atoms with Crippen LogP contribution in [0.15, 0.2) is 37.1 Å². The first-order valence-electron chi connectivity index (χ1n) is 10.9. The quantitative estimate of drug-likeness (QED) is 0.132. The van der Waals surface area contributed by atoms with Crippen molar-refractivity contribution < 1.29 is 13.9 Å². The maximum atomic E-state index is 6.46. The molecule has 156 valence electrons. The summed E-state index contributed by atoms with van der Waals surface area (Å²) in [6, 6.07) is 3.48. The third-order valence-electron chi connectivity index (χ3n) is 6.14. The highest BCUT2D eigenvalue weighted by Gasteiger charge is 2.30. The smallest absolute Gasteiger partial charge is 0.250 e. The van der Waals surface area contributed by atoms with E-state index >= 15 is 0 Å². The molecule has 0 unspecified atom stereocenters. The lowest BCUT2D eigenvalue weighted by Gasteiger charge is -2.29. The van der Waals surface area contributed by atoms with Crippen LogP contribution in [0.2, 0.25) is 18.1 Å². The molecule has 1 aliphatic rings. The van der Waals surface area contributed by atoms with Crippen molar-refractivity contribution in [2.45, 2.75) is 84.2 Å². The minimum absolute atomic E-state index is 0.0229. The maximum absolute atomic E-state index is 6.46. The van der Waals surface area contributed by atoms with Gasteiger partial charge in [0.25, 0.3) is 0 Å². The minimum atomic E-state index is -1.62. The molecule has 0 aromatic heterocycles. The van der Waals surface area contributed by atoms with Gasteiger partial charge in [0.15, 0.2) is 6.29 Å². The normalized spacial score (nSPS) is 18.3. The van der Waals surface area contributed by atoms with Gasteiger partial charge >= 0.3 is 0 Å². The molecular weight excluding hydrogens is 352 g/mol. The van der Waals surface area contributed by atoms with Crippen molar-refractivity contribution >= 4 is 8.32 Å². The number of hydrogen-bond donors (Lipinski definition) is 0. The van der Waals surface area contributed by atoms with Gasteiger partial charge in [0.2, 0.25) is 8.32 Å². The second-order valence-electron chi connectivity index (χ2n) is 7.71. The second kappa shape index (κ2) is 13.4. The van der Waals surface area contributed by atoms with Crippen LogP contribution in [-0.2, 0) is 13.9 Å². The van der Waals surface area contributed by atoms with Gasteiger partial charge in [-0.3, -0.25) is 0 Å². The van der Waals surface area contributed by atoms with Gasteiger partial charge in [-0.2, -0.15) is 0 Å². The fraction of sp³-hybridized carbons (Fsp3) is 0.739. The van der Waals surface area contributed by atoms with Gasteiger partial charge in [-0.25, -0.2) is 0 Å². The van der Waals surface area contributed by atoms with Crippen LogP contribution >= 0.6 is 0 Å². The number of ether oxygens (including phenoxy) is 2. The Morgan fingerprint density at radius 3 is 2.26 bits per heavy atom. The monoisotopic (exact) mass is 394 g/mol. The van der Waals surface area contributed by atoms with Gasteiger partial charge in [0.1, 0.15) is 0 Å². The summed E-state index contributed by atoms with van der Waals surface area (Å²) >= 11 is 0. The minimum Gasteiger partial charge on any atom is -0.544 e. The molecule has 1 saturated heterocycles. The molecule has 0 aliphatic carbocycles. The predicted octanol–water partition coefficient (Wildman–Crippen LogP) is 6.84. The van der Waals surface area contributed by atoms with Gasteiger partial charge in [0.05, 0.1) is 19.0 Å². The highest BCUT2D eigenvalue weighted by molar-refractivity contribution is 6.73. The zero-order chi connectivity index (χ0) is 20.1. The molecule has 0 saturated carbocycles. The van der Waals surface area contributed by atoms with Gasteiger partial charge < -0.3 is 13.9 Å². The molecule has 0 N–H and O–H groups in total. The first kappa shape index (κ1) is 24.2. The van der Waals surface area contributed by atoms with Gasteiger partial charge in [-0.05, 0) is 74.2 Å². The summed E-state index contributed by atoms with van der Waals surface area (Å²) in [4.78, 5) is 0. The fourth-order valence-electron chi connectivity index (χ4n) is 3.83.